The van der Waals surface area contributed by atoms with Crippen LogP contribution in [0.2, 0.25) is 0 Å². The van der Waals surface area contributed by atoms with Gasteiger partial charge in [0, 0.05) is 111 Å². The number of amides is 4. The molecule has 8 aromatic heterocycles. The van der Waals surface area contributed by atoms with Crippen molar-refractivity contribution in [2.24, 2.45) is 0 Å². The van der Waals surface area contributed by atoms with Crippen LogP contribution in [-0.2, 0) is 0 Å². The molecule has 0 unspecified atom stereocenters. The van der Waals surface area contributed by atoms with E-state index in [0.29, 0.717) is 139 Å². The molecule has 0 bridgehead atoms. The van der Waals surface area contributed by atoms with E-state index in [1.807, 2.05) is 91.1 Å². The van der Waals surface area contributed by atoms with E-state index >= 15 is 0 Å². The highest BCUT2D eigenvalue weighted by Gasteiger charge is 2.29. The lowest BCUT2D eigenvalue weighted by Crippen LogP contribution is -2.47. The van der Waals surface area contributed by atoms with E-state index in [1.54, 1.807) is 82.9 Å². The normalized spacial score (nSPS) is 14.5. The maximum Gasteiger partial charge on any atom is 0.254 e. The Morgan fingerprint density at radius 3 is 1.34 bits per heavy atom. The molecule has 10 N–H and O–H groups in total. The number of nitrogens with zero attached hydrogens (tertiary/aromatic N) is 11. The zero-order valence-electron chi connectivity index (χ0n) is 67.4. The molecule has 120 heavy (non-hydrogen) atoms. The number of benzene rings is 6. The molecule has 0 atom stereocenters. The molecule has 4 amide bonds. The topological polar surface area (TPSA) is 412 Å². The number of fused-ring (bicyclic) bond motifs is 5. The van der Waals surface area contributed by atoms with E-state index in [0.717, 1.165) is 151 Å². The summed E-state index contributed by atoms with van der Waals surface area (Å²) in [7, 11) is 9.91. The Bertz CT molecular complexity index is 6070. The zero-order valence-corrected chi connectivity index (χ0v) is 67.4. The summed E-state index contributed by atoms with van der Waals surface area (Å²) in [5.41, 5.74) is 14.1. The van der Waals surface area contributed by atoms with E-state index < -0.39 is 0 Å². The maximum atomic E-state index is 13.2. The number of methoxy groups -OCH3 is 3. The van der Waals surface area contributed by atoms with Crippen molar-refractivity contribution in [1.82, 2.24) is 85.9 Å². The number of rotatable bonds is 24. The lowest BCUT2D eigenvalue weighted by molar-refractivity contribution is 0.0663. The molecule has 0 spiro atoms. The molecular formula is C87H92N20O13. The SMILES string of the molecule is CNC(=O)c1ccc(-c2c[nH]c3nc(Nc4ccc(C(=O)NCCO)cc4OC)nc(OC4CCCC4)c23)cc1.CNC(=O)c1ccc(Nc2nc(OC3CCCC3)c3c(-c4ccc5nonc5c4)c[nH]c3n2)c(OC)c1.COc1cc(C(=O)N2CCN(C)CC2)ccc1Nc1nc(OC2CCCC2)c2c(-c3ccc4nc(C)oc4c3)c[nH]c2n1. The van der Waals surface area contributed by atoms with Crippen LogP contribution in [0.25, 0.3) is 88.6 Å². The summed E-state index contributed by atoms with van der Waals surface area (Å²) in [4.78, 5) is 96.5. The molecule has 4 fully saturated rings. The smallest absolute Gasteiger partial charge is 0.254 e. The predicted molar refractivity (Wildman–Crippen MR) is 453 cm³/mol. The quantitative estimate of drug-likeness (QED) is 0.0269. The molecular weight excluding hydrogens is 1530 g/mol. The highest BCUT2D eigenvalue weighted by Crippen LogP contribution is 2.43. The molecule has 9 heterocycles. The predicted octanol–water partition coefficient (Wildman–Crippen LogP) is 13.9. The molecule has 1 aliphatic heterocycles. The zero-order chi connectivity index (χ0) is 82.9. The largest absolute Gasteiger partial charge is 0.495 e. The molecule has 33 nitrogen and oxygen atoms in total. The van der Waals surface area contributed by atoms with Crippen LogP contribution in [0.3, 0.4) is 0 Å². The number of H-pyrrole nitrogens is 3. The minimum atomic E-state index is -0.314. The maximum absolute atomic E-state index is 13.2. The van der Waals surface area contributed by atoms with Gasteiger partial charge in [0.15, 0.2) is 11.5 Å². The first kappa shape index (κ1) is 79.9. The summed E-state index contributed by atoms with van der Waals surface area (Å²) in [5.74, 6) is 3.91. The second-order valence-electron chi connectivity index (χ2n) is 29.7. The van der Waals surface area contributed by atoms with Crippen molar-refractivity contribution in [3.05, 3.63) is 162 Å². The van der Waals surface area contributed by atoms with Gasteiger partial charge in [0.05, 0.1) is 61.2 Å². The van der Waals surface area contributed by atoms with Crippen molar-refractivity contribution in [2.45, 2.75) is 102 Å². The van der Waals surface area contributed by atoms with Crippen LogP contribution < -0.4 is 60.3 Å². The monoisotopic (exact) mass is 1620 g/mol. The first-order chi connectivity index (χ1) is 58.6. The van der Waals surface area contributed by atoms with Crippen LogP contribution in [0.15, 0.2) is 143 Å². The van der Waals surface area contributed by atoms with Crippen molar-refractivity contribution in [1.29, 1.82) is 0 Å². The van der Waals surface area contributed by atoms with E-state index in [-0.39, 0.29) is 55.1 Å². The molecule has 33 heteroatoms. The van der Waals surface area contributed by atoms with Crippen molar-refractivity contribution < 1.29 is 61.8 Å². The van der Waals surface area contributed by atoms with Gasteiger partial charge < -0.3 is 94.6 Å². The van der Waals surface area contributed by atoms with Gasteiger partial charge in [0.2, 0.25) is 35.5 Å². The Balaban J connectivity index is 0.000000134. The summed E-state index contributed by atoms with van der Waals surface area (Å²) >= 11 is 0. The van der Waals surface area contributed by atoms with Crippen LogP contribution in [0.4, 0.5) is 34.9 Å². The molecule has 4 aliphatic rings. The Morgan fingerprint density at radius 1 is 0.467 bits per heavy atom. The van der Waals surface area contributed by atoms with Gasteiger partial charge in [-0.15, -0.1) is 0 Å². The van der Waals surface area contributed by atoms with Gasteiger partial charge in [-0.1, -0.05) is 24.3 Å². The highest BCUT2D eigenvalue weighted by atomic mass is 16.6. The third-order valence-corrected chi connectivity index (χ3v) is 21.8. The first-order valence-corrected chi connectivity index (χ1v) is 40.1. The number of likely N-dealkylation sites (N-methyl/N-ethyl adjacent to an activating group) is 1. The Morgan fingerprint density at radius 2 is 0.875 bits per heavy atom. The molecule has 3 aliphatic carbocycles. The number of hydrogen-bond acceptors (Lipinski definition) is 26. The Hall–Kier alpha value is -14.0. The number of anilines is 6. The van der Waals surface area contributed by atoms with Gasteiger partial charge >= 0.3 is 0 Å². The van der Waals surface area contributed by atoms with Gasteiger partial charge in [-0.05, 0) is 202 Å². The number of piperazine rings is 1. The molecule has 14 aromatic rings. The average Bonchev–Trinajstić information content (AvgIpc) is 1.60. The molecule has 0 radical (unpaired) electrons. The van der Waals surface area contributed by atoms with Gasteiger partial charge in [-0.3, -0.25) is 19.2 Å². The lowest BCUT2D eigenvalue weighted by atomic mass is 10.0. The fourth-order valence-corrected chi connectivity index (χ4v) is 15.5. The average molecular weight is 1630 g/mol. The standard InChI is InChI=1S/C32H35N7O4.C29H32N6O5.C26H25N7O4/c1-19-34-25-10-8-20(16-27(25)42-19)23-18-33-29-28(23)30(43-22-6-4-5-7-22)37-32(36-29)35-24-11-9-21(17-26(24)41-3)31(40)39-14-12-38(2)13-15-39;1-30-26(37)18-9-7-17(8-10-18)21-16-32-25-24(21)28(40-20-5-3-4-6-20)35-29(34-25)33-22-12-11-19(15-23(22)39-2)27(38)31-13-14-36;1-27-24(34)15-8-10-19(21(12-15)35-2)29-26-30-23-22(25(31-26)36-16-5-3-4-6-16)17(13-28-23)14-7-9-18-20(11-14)33-37-32-18/h8-11,16-18,22H,4-7,12-15H2,1-3H3,(H2,33,35,36,37);7-12,15-16,20,36H,3-6,13-14H2,1-2H3,(H,30,37)(H,31,38)(H2,32,33,34,35);7-13,16H,3-6H2,1-2H3,(H,27,34)(H2,28,29,30,31). The third-order valence-electron chi connectivity index (χ3n) is 21.8. The van der Waals surface area contributed by atoms with E-state index in [9.17, 15) is 19.2 Å². The van der Waals surface area contributed by atoms with Gasteiger partial charge in [-0.25, -0.2) is 9.61 Å². The van der Waals surface area contributed by atoms with E-state index in [2.05, 4.69) is 74.1 Å². The van der Waals surface area contributed by atoms with Crippen LogP contribution in [0.1, 0.15) is 124 Å². The van der Waals surface area contributed by atoms with Crippen LogP contribution in [0, 0.1) is 6.92 Å². The summed E-state index contributed by atoms with van der Waals surface area (Å²) in [6, 6.07) is 34.6. The fraction of sp³-hybridized carbons (Fsp3) is 0.322. The van der Waals surface area contributed by atoms with Gasteiger partial charge in [-0.2, -0.15) is 29.9 Å². The number of carbonyl (C=O) groups is 4. The number of ether oxygens (including phenoxy) is 6. The van der Waals surface area contributed by atoms with Crippen LogP contribution in [0.5, 0.6) is 34.9 Å². The van der Waals surface area contributed by atoms with Crippen LogP contribution >= 0.6 is 0 Å². The number of aryl methyl sites for hydroxylation is 1. The number of aliphatic hydroxyl groups is 1. The lowest BCUT2D eigenvalue weighted by Gasteiger charge is -2.32. The molecule has 3 saturated carbocycles. The van der Waals surface area contributed by atoms with Crippen molar-refractivity contribution in [3.8, 4) is 68.3 Å². The fourth-order valence-electron chi connectivity index (χ4n) is 15.5. The summed E-state index contributed by atoms with van der Waals surface area (Å²) in [6.45, 7) is 5.00. The minimum Gasteiger partial charge on any atom is -0.495 e. The number of nitrogens with one attached hydrogen (secondary N) is 9. The number of oxazole rings is 1. The highest BCUT2D eigenvalue weighted by molar-refractivity contribution is 6.03. The number of hydrogen-bond donors (Lipinski definition) is 10. The summed E-state index contributed by atoms with van der Waals surface area (Å²) in [6.07, 6.45) is 18.6. The van der Waals surface area contributed by atoms with Crippen molar-refractivity contribution >= 4 is 114 Å². The first-order valence-electron chi connectivity index (χ1n) is 40.1. The third kappa shape index (κ3) is 17.5. The second kappa shape index (κ2) is 35.9. The molecule has 6 aromatic carbocycles. The number of aromatic nitrogens is 12. The van der Waals surface area contributed by atoms with Crippen molar-refractivity contribution in [2.75, 3.05) is 97.8 Å². The second-order valence-corrected chi connectivity index (χ2v) is 29.7. The molecule has 18 rings (SSSR count). The molecule has 618 valence electrons. The minimum absolute atomic E-state index is 0.000428. The Kier molecular flexibility index (Phi) is 23.9. The number of aromatic amines is 3. The van der Waals surface area contributed by atoms with Crippen molar-refractivity contribution in [3.63, 3.8) is 0 Å². The van der Waals surface area contributed by atoms with Gasteiger partial charge in [0.25, 0.3) is 23.6 Å². The summed E-state index contributed by atoms with van der Waals surface area (Å²) in [5, 5.41) is 36.8. The van der Waals surface area contributed by atoms with Crippen LogP contribution in [-0.4, -0.2) is 199 Å². The van der Waals surface area contributed by atoms with E-state index in [1.165, 1.54) is 7.11 Å². The van der Waals surface area contributed by atoms with E-state index in [4.69, 9.17) is 72.5 Å². The Labute approximate surface area is 688 Å². The number of carbonyl (C=O) groups excluding carboxylic acids is 4. The number of aliphatic hydroxyl groups excluding tert-OH is 1. The summed E-state index contributed by atoms with van der Waals surface area (Å²) < 4.78 is 46.8. The molecule has 1 saturated heterocycles. The van der Waals surface area contributed by atoms with Gasteiger partial charge in [0.1, 0.15) is 69.1 Å².